The highest BCUT2D eigenvalue weighted by Crippen LogP contribution is 2.23. The molecule has 0 heterocycles. The summed E-state index contributed by atoms with van der Waals surface area (Å²) in [5.41, 5.74) is -0.481. The number of aliphatic hydroxyl groups is 1. The Hall–Kier alpha value is -0.640. The minimum absolute atomic E-state index is 0.101. The molecule has 0 aliphatic carbocycles. The highest BCUT2D eigenvalue weighted by atomic mass is 35.5. The number of halogens is 2. The van der Waals surface area contributed by atoms with Gasteiger partial charge in [-0.05, 0) is 31.5 Å². The molecule has 0 saturated heterocycles. The fourth-order valence-electron chi connectivity index (χ4n) is 1.81. The SMILES string of the molecule is CC(C)NCCC(C)(O)Cc1cccc(Cl)c1F. The van der Waals surface area contributed by atoms with Gasteiger partial charge in [-0.3, -0.25) is 0 Å². The molecule has 0 amide bonds. The molecule has 0 radical (unpaired) electrons. The molecule has 0 bridgehead atoms. The predicted octanol–water partition coefficient (Wildman–Crippen LogP) is 3.16. The molecule has 1 unspecified atom stereocenters. The van der Waals surface area contributed by atoms with E-state index in [0.717, 1.165) is 0 Å². The third-order valence-corrected chi connectivity index (χ3v) is 3.11. The predicted molar refractivity (Wildman–Crippen MR) is 73.5 cm³/mol. The molecule has 2 N–H and O–H groups in total. The quantitative estimate of drug-likeness (QED) is 0.834. The first-order valence-corrected chi connectivity index (χ1v) is 6.58. The van der Waals surface area contributed by atoms with Crippen LogP contribution in [0, 0.1) is 5.82 Å². The Morgan fingerprint density at radius 3 is 2.72 bits per heavy atom. The van der Waals surface area contributed by atoms with Gasteiger partial charge in [-0.1, -0.05) is 37.6 Å². The molecular weight excluding hydrogens is 253 g/mol. The minimum Gasteiger partial charge on any atom is -0.390 e. The standard InChI is InChI=1S/C14H21ClFNO/c1-10(2)17-8-7-14(3,18)9-11-5-4-6-12(15)13(11)16/h4-6,10,17-18H,7-9H2,1-3H3. The van der Waals surface area contributed by atoms with E-state index in [1.165, 1.54) is 6.07 Å². The van der Waals surface area contributed by atoms with E-state index >= 15 is 0 Å². The van der Waals surface area contributed by atoms with Crippen LogP contribution >= 0.6 is 11.6 Å². The van der Waals surface area contributed by atoms with Gasteiger partial charge in [0.2, 0.25) is 0 Å². The Morgan fingerprint density at radius 1 is 1.44 bits per heavy atom. The third kappa shape index (κ3) is 4.92. The maximum atomic E-state index is 13.7. The molecule has 1 rings (SSSR count). The molecule has 4 heteroatoms. The smallest absolute Gasteiger partial charge is 0.145 e. The van der Waals surface area contributed by atoms with Crippen LogP contribution in [0.4, 0.5) is 4.39 Å². The number of rotatable bonds is 6. The first-order valence-electron chi connectivity index (χ1n) is 6.20. The van der Waals surface area contributed by atoms with E-state index in [9.17, 15) is 9.50 Å². The maximum absolute atomic E-state index is 13.7. The number of hydrogen-bond acceptors (Lipinski definition) is 2. The van der Waals surface area contributed by atoms with E-state index in [1.807, 2.05) is 13.8 Å². The molecule has 0 fully saturated rings. The lowest BCUT2D eigenvalue weighted by Gasteiger charge is -2.24. The molecule has 0 aromatic heterocycles. The van der Waals surface area contributed by atoms with Crippen LogP contribution in [0.1, 0.15) is 32.8 Å². The highest BCUT2D eigenvalue weighted by Gasteiger charge is 2.22. The zero-order chi connectivity index (χ0) is 13.8. The van der Waals surface area contributed by atoms with E-state index in [0.29, 0.717) is 24.6 Å². The van der Waals surface area contributed by atoms with E-state index in [2.05, 4.69) is 5.32 Å². The average Bonchev–Trinajstić information content (AvgIpc) is 2.23. The summed E-state index contributed by atoms with van der Waals surface area (Å²) in [6, 6.07) is 5.24. The summed E-state index contributed by atoms with van der Waals surface area (Å²) in [6.45, 7) is 6.51. The largest absolute Gasteiger partial charge is 0.390 e. The van der Waals surface area contributed by atoms with Crippen LogP contribution < -0.4 is 5.32 Å². The summed E-state index contributed by atoms with van der Waals surface area (Å²) in [5, 5.41) is 13.6. The highest BCUT2D eigenvalue weighted by molar-refractivity contribution is 6.30. The molecule has 0 spiro atoms. The van der Waals surface area contributed by atoms with E-state index in [1.54, 1.807) is 19.1 Å². The topological polar surface area (TPSA) is 32.3 Å². The summed E-state index contributed by atoms with van der Waals surface area (Å²) < 4.78 is 13.7. The molecule has 2 nitrogen and oxygen atoms in total. The van der Waals surface area contributed by atoms with Gasteiger partial charge in [0.25, 0.3) is 0 Å². The summed E-state index contributed by atoms with van der Waals surface area (Å²) in [6.07, 6.45) is 0.830. The van der Waals surface area contributed by atoms with Crippen molar-refractivity contribution in [3.05, 3.63) is 34.6 Å². The van der Waals surface area contributed by atoms with Gasteiger partial charge >= 0.3 is 0 Å². The van der Waals surface area contributed by atoms with Gasteiger partial charge in [0.1, 0.15) is 5.82 Å². The fourth-order valence-corrected chi connectivity index (χ4v) is 2.01. The Bertz CT molecular complexity index is 393. The van der Waals surface area contributed by atoms with Crippen molar-refractivity contribution in [2.24, 2.45) is 0 Å². The van der Waals surface area contributed by atoms with Gasteiger partial charge in [-0.2, -0.15) is 0 Å². The van der Waals surface area contributed by atoms with Crippen LogP contribution in [0.2, 0.25) is 5.02 Å². The number of hydrogen-bond donors (Lipinski definition) is 2. The Morgan fingerprint density at radius 2 is 2.11 bits per heavy atom. The molecule has 0 aliphatic rings. The van der Waals surface area contributed by atoms with Gasteiger partial charge in [0.05, 0.1) is 10.6 Å². The Balaban J connectivity index is 2.61. The van der Waals surface area contributed by atoms with Crippen molar-refractivity contribution >= 4 is 11.6 Å². The van der Waals surface area contributed by atoms with Crippen LogP contribution in [0.15, 0.2) is 18.2 Å². The van der Waals surface area contributed by atoms with Gasteiger partial charge in [-0.25, -0.2) is 4.39 Å². The van der Waals surface area contributed by atoms with Crippen molar-refractivity contribution in [3.8, 4) is 0 Å². The van der Waals surface area contributed by atoms with Crippen molar-refractivity contribution in [2.45, 2.75) is 45.3 Å². The molecular formula is C14H21ClFNO. The molecule has 102 valence electrons. The maximum Gasteiger partial charge on any atom is 0.145 e. The zero-order valence-corrected chi connectivity index (χ0v) is 11.9. The molecule has 1 aromatic carbocycles. The average molecular weight is 274 g/mol. The first-order chi connectivity index (χ1) is 8.32. The second-order valence-electron chi connectivity index (χ2n) is 5.25. The first kappa shape index (κ1) is 15.4. The summed E-state index contributed by atoms with van der Waals surface area (Å²) >= 11 is 5.72. The minimum atomic E-state index is -0.937. The van der Waals surface area contributed by atoms with Crippen LogP contribution in [-0.2, 0) is 6.42 Å². The summed E-state index contributed by atoms with van der Waals surface area (Å²) in [4.78, 5) is 0. The third-order valence-electron chi connectivity index (χ3n) is 2.82. The van der Waals surface area contributed by atoms with E-state index in [4.69, 9.17) is 11.6 Å². The van der Waals surface area contributed by atoms with Crippen molar-refractivity contribution in [2.75, 3.05) is 6.54 Å². The molecule has 1 atom stereocenters. The molecule has 0 aliphatic heterocycles. The van der Waals surface area contributed by atoms with Gasteiger partial charge in [0.15, 0.2) is 0 Å². The summed E-state index contributed by atoms with van der Waals surface area (Å²) in [7, 11) is 0. The van der Waals surface area contributed by atoms with E-state index < -0.39 is 11.4 Å². The van der Waals surface area contributed by atoms with Crippen molar-refractivity contribution in [3.63, 3.8) is 0 Å². The zero-order valence-electron chi connectivity index (χ0n) is 11.1. The Kier molecular flexibility index (Phi) is 5.57. The summed E-state index contributed by atoms with van der Waals surface area (Å²) in [5.74, 6) is -0.434. The van der Waals surface area contributed by atoms with Crippen LogP contribution in [0.25, 0.3) is 0 Å². The van der Waals surface area contributed by atoms with Crippen LogP contribution in [0.3, 0.4) is 0 Å². The fraction of sp³-hybridized carbons (Fsp3) is 0.571. The van der Waals surface area contributed by atoms with Gasteiger partial charge < -0.3 is 10.4 Å². The van der Waals surface area contributed by atoms with Crippen molar-refractivity contribution in [1.82, 2.24) is 5.32 Å². The molecule has 18 heavy (non-hydrogen) atoms. The lowest BCUT2D eigenvalue weighted by atomic mass is 9.93. The van der Waals surface area contributed by atoms with Gasteiger partial charge in [0, 0.05) is 12.5 Å². The second-order valence-corrected chi connectivity index (χ2v) is 5.65. The van der Waals surface area contributed by atoms with E-state index in [-0.39, 0.29) is 11.4 Å². The van der Waals surface area contributed by atoms with Crippen LogP contribution in [-0.4, -0.2) is 23.3 Å². The number of benzene rings is 1. The number of nitrogens with one attached hydrogen (secondary N) is 1. The van der Waals surface area contributed by atoms with Crippen LogP contribution in [0.5, 0.6) is 0 Å². The normalized spacial score (nSPS) is 14.8. The molecule has 1 aromatic rings. The monoisotopic (exact) mass is 273 g/mol. The lowest BCUT2D eigenvalue weighted by Crippen LogP contribution is -2.34. The second kappa shape index (κ2) is 6.50. The molecule has 0 saturated carbocycles. The van der Waals surface area contributed by atoms with Crippen molar-refractivity contribution < 1.29 is 9.50 Å². The Labute approximate surface area is 113 Å². The van der Waals surface area contributed by atoms with Gasteiger partial charge in [-0.15, -0.1) is 0 Å². The van der Waals surface area contributed by atoms with Crippen molar-refractivity contribution in [1.29, 1.82) is 0 Å². The lowest BCUT2D eigenvalue weighted by molar-refractivity contribution is 0.0502.